The van der Waals surface area contributed by atoms with E-state index in [1.165, 1.54) is 20.0 Å². The Kier molecular flexibility index (Phi) is 5.13. The monoisotopic (exact) mass is 394 g/mol. The van der Waals surface area contributed by atoms with Gasteiger partial charge in [0.15, 0.2) is 0 Å². The summed E-state index contributed by atoms with van der Waals surface area (Å²) in [5.41, 5.74) is 3.07. The molecule has 0 saturated heterocycles. The van der Waals surface area contributed by atoms with Gasteiger partial charge in [0.1, 0.15) is 11.9 Å². The number of nitrogens with zero attached hydrogens (tertiary/aromatic N) is 3. The van der Waals surface area contributed by atoms with Gasteiger partial charge in [-0.2, -0.15) is 0 Å². The Morgan fingerprint density at radius 3 is 2.69 bits per heavy atom. The van der Waals surface area contributed by atoms with Gasteiger partial charge < -0.3 is 19.9 Å². The summed E-state index contributed by atoms with van der Waals surface area (Å²) in [4.78, 5) is 33.0. The average molecular weight is 394 g/mol. The lowest BCUT2D eigenvalue weighted by atomic mass is 10.0. The van der Waals surface area contributed by atoms with Gasteiger partial charge >= 0.3 is 5.97 Å². The molecule has 1 N–H and O–H groups in total. The van der Waals surface area contributed by atoms with Crippen molar-refractivity contribution in [3.63, 3.8) is 0 Å². The van der Waals surface area contributed by atoms with Crippen molar-refractivity contribution in [3.8, 4) is 0 Å². The van der Waals surface area contributed by atoms with Crippen molar-refractivity contribution in [2.45, 2.75) is 44.7 Å². The molecule has 1 fully saturated rings. The van der Waals surface area contributed by atoms with Crippen molar-refractivity contribution in [2.24, 2.45) is 0 Å². The summed E-state index contributed by atoms with van der Waals surface area (Å²) in [7, 11) is 3.17. The molecule has 0 unspecified atom stereocenters. The molecule has 2 aromatic rings. The van der Waals surface area contributed by atoms with E-state index >= 15 is 0 Å². The summed E-state index contributed by atoms with van der Waals surface area (Å²) in [5, 5.41) is 3.28. The number of ether oxygens (including phenoxy) is 1. The summed E-state index contributed by atoms with van der Waals surface area (Å²) < 4.78 is 4.79. The van der Waals surface area contributed by atoms with Gasteiger partial charge in [-0.25, -0.2) is 9.78 Å². The zero-order valence-electron chi connectivity index (χ0n) is 17.0. The van der Waals surface area contributed by atoms with Crippen molar-refractivity contribution < 1.29 is 14.3 Å². The van der Waals surface area contributed by atoms with Gasteiger partial charge in [0.25, 0.3) is 0 Å². The molecule has 0 bridgehead atoms. The quantitative estimate of drug-likeness (QED) is 0.797. The van der Waals surface area contributed by atoms with Gasteiger partial charge in [0.2, 0.25) is 5.91 Å². The minimum atomic E-state index is -0.381. The number of rotatable bonds is 4. The lowest BCUT2D eigenvalue weighted by Crippen LogP contribution is -2.54. The predicted octanol–water partition coefficient (Wildman–Crippen LogP) is 3.73. The molecule has 7 heteroatoms. The molecule has 1 atom stereocenters. The Morgan fingerprint density at radius 1 is 1.21 bits per heavy atom. The van der Waals surface area contributed by atoms with E-state index in [2.05, 4.69) is 15.2 Å². The number of carbonyl (C=O) groups is 2. The maximum atomic E-state index is 12.8. The van der Waals surface area contributed by atoms with E-state index in [9.17, 15) is 9.59 Å². The molecule has 1 aromatic carbocycles. The molecule has 1 aliphatic heterocycles. The van der Waals surface area contributed by atoms with Crippen LogP contribution in [0, 0.1) is 0 Å². The number of methoxy groups -OCH3 is 1. The minimum absolute atomic E-state index is 0.0951. The zero-order valence-corrected chi connectivity index (χ0v) is 17.0. The highest BCUT2D eigenvalue weighted by Crippen LogP contribution is 2.41. The summed E-state index contributed by atoms with van der Waals surface area (Å²) >= 11 is 0. The molecule has 1 saturated carbocycles. The number of amides is 1. The first-order valence-corrected chi connectivity index (χ1v) is 10.0. The fraction of sp³-hybridized carbons (Fsp3) is 0.409. The Labute approximate surface area is 170 Å². The van der Waals surface area contributed by atoms with Crippen molar-refractivity contribution in [1.82, 2.24) is 4.98 Å². The number of fused-ring (bicyclic) bond motifs is 1. The van der Waals surface area contributed by atoms with E-state index in [0.29, 0.717) is 17.4 Å². The Balaban J connectivity index is 1.68. The zero-order chi connectivity index (χ0) is 20.5. The normalized spacial score (nSPS) is 19.3. The van der Waals surface area contributed by atoms with E-state index in [1.54, 1.807) is 36.3 Å². The van der Waals surface area contributed by atoms with Crippen molar-refractivity contribution in [2.75, 3.05) is 29.3 Å². The van der Waals surface area contributed by atoms with Crippen LogP contribution in [-0.2, 0) is 9.53 Å². The van der Waals surface area contributed by atoms with Crippen LogP contribution in [0.15, 0.2) is 36.5 Å². The number of likely N-dealkylation sites (N-methyl/N-ethyl adjacent to an activating group) is 1. The van der Waals surface area contributed by atoms with Crippen molar-refractivity contribution >= 4 is 34.8 Å². The first-order valence-electron chi connectivity index (χ1n) is 10.0. The van der Waals surface area contributed by atoms with Gasteiger partial charge in [-0.3, -0.25) is 4.79 Å². The largest absolute Gasteiger partial charge is 0.465 e. The molecule has 152 valence electrons. The Bertz CT molecular complexity index is 939. The second kappa shape index (κ2) is 7.73. The predicted molar refractivity (Wildman–Crippen MR) is 113 cm³/mol. The molecule has 2 aliphatic rings. The third kappa shape index (κ3) is 3.52. The van der Waals surface area contributed by atoms with Gasteiger partial charge in [-0.05, 0) is 38.0 Å². The molecule has 7 nitrogen and oxygen atoms in total. The molecule has 2 heterocycles. The van der Waals surface area contributed by atoms with Crippen molar-refractivity contribution in [1.29, 1.82) is 0 Å². The van der Waals surface area contributed by atoms with Crippen LogP contribution < -0.4 is 15.1 Å². The van der Waals surface area contributed by atoms with E-state index in [0.717, 1.165) is 29.9 Å². The highest BCUT2D eigenvalue weighted by Gasteiger charge is 2.38. The summed E-state index contributed by atoms with van der Waals surface area (Å²) in [6, 6.07) is 9.29. The molecule has 1 amide bonds. The minimum Gasteiger partial charge on any atom is -0.465 e. The summed E-state index contributed by atoms with van der Waals surface area (Å²) in [6.07, 6.45) is 6.35. The van der Waals surface area contributed by atoms with E-state index in [4.69, 9.17) is 4.74 Å². The van der Waals surface area contributed by atoms with Gasteiger partial charge in [0, 0.05) is 24.8 Å². The Hall–Kier alpha value is -3.09. The molecular formula is C22H26N4O3. The number of anilines is 4. The van der Waals surface area contributed by atoms with Crippen LogP contribution in [0.5, 0.6) is 0 Å². The fourth-order valence-electron chi connectivity index (χ4n) is 4.38. The van der Waals surface area contributed by atoms with E-state index in [1.807, 2.05) is 19.1 Å². The van der Waals surface area contributed by atoms with Crippen LogP contribution in [0.25, 0.3) is 0 Å². The van der Waals surface area contributed by atoms with Crippen LogP contribution in [0.1, 0.15) is 43.0 Å². The number of pyridine rings is 1. The van der Waals surface area contributed by atoms with Gasteiger partial charge in [-0.15, -0.1) is 0 Å². The third-order valence-corrected chi connectivity index (χ3v) is 5.88. The van der Waals surface area contributed by atoms with Crippen LogP contribution in [0.4, 0.5) is 22.9 Å². The van der Waals surface area contributed by atoms with Crippen LogP contribution in [-0.4, -0.2) is 43.1 Å². The lowest BCUT2D eigenvalue weighted by Gasteiger charge is -2.43. The van der Waals surface area contributed by atoms with Crippen LogP contribution >= 0.6 is 0 Å². The number of aromatic nitrogens is 1. The van der Waals surface area contributed by atoms with Gasteiger partial charge in [0.05, 0.1) is 30.2 Å². The number of hydrogen-bond acceptors (Lipinski definition) is 6. The Morgan fingerprint density at radius 2 is 1.97 bits per heavy atom. The van der Waals surface area contributed by atoms with Crippen LogP contribution in [0.3, 0.4) is 0 Å². The molecule has 4 rings (SSSR count). The maximum absolute atomic E-state index is 12.8. The van der Waals surface area contributed by atoms with Gasteiger partial charge in [-0.1, -0.05) is 18.9 Å². The second-order valence-electron chi connectivity index (χ2n) is 7.67. The smallest absolute Gasteiger partial charge is 0.337 e. The topological polar surface area (TPSA) is 74.8 Å². The SMILES string of the molecule is COC(=O)c1cccc(Nc2cc3c(cn2)N(C)C(=O)[C@@H](C)N3C2CCCC2)c1. The molecule has 0 radical (unpaired) electrons. The number of carbonyl (C=O) groups excluding carboxylic acids is 2. The third-order valence-electron chi connectivity index (χ3n) is 5.88. The second-order valence-corrected chi connectivity index (χ2v) is 7.67. The number of esters is 1. The highest BCUT2D eigenvalue weighted by atomic mass is 16.5. The van der Waals surface area contributed by atoms with Crippen LogP contribution in [0.2, 0.25) is 0 Å². The first-order chi connectivity index (χ1) is 14.0. The van der Waals surface area contributed by atoms with E-state index in [-0.39, 0.29) is 17.9 Å². The summed E-state index contributed by atoms with van der Waals surface area (Å²) in [5.74, 6) is 0.384. The number of benzene rings is 1. The molecule has 1 aromatic heterocycles. The maximum Gasteiger partial charge on any atom is 0.337 e. The average Bonchev–Trinajstić information content (AvgIpc) is 3.26. The summed E-state index contributed by atoms with van der Waals surface area (Å²) in [6.45, 7) is 1.98. The molecule has 0 spiro atoms. The molecule has 29 heavy (non-hydrogen) atoms. The van der Waals surface area contributed by atoms with E-state index < -0.39 is 0 Å². The standard InChI is InChI=1S/C22H26N4O3/c1-14-21(27)25(2)19-13-23-20(12-18(19)26(14)17-9-4-5-10-17)24-16-8-6-7-15(11-16)22(28)29-3/h6-8,11-14,17H,4-5,9-10H2,1-3H3,(H,23,24)/t14-/m1/s1. The first kappa shape index (κ1) is 19.2. The molecule has 1 aliphatic carbocycles. The lowest BCUT2D eigenvalue weighted by molar-refractivity contribution is -0.119. The van der Waals surface area contributed by atoms with Crippen molar-refractivity contribution in [3.05, 3.63) is 42.1 Å². The fourth-order valence-corrected chi connectivity index (χ4v) is 4.38. The number of hydrogen-bond donors (Lipinski definition) is 1. The molecular weight excluding hydrogens is 368 g/mol. The number of nitrogens with one attached hydrogen (secondary N) is 1. The highest BCUT2D eigenvalue weighted by molar-refractivity contribution is 6.05.